The number of rotatable bonds is 6. The summed E-state index contributed by atoms with van der Waals surface area (Å²) in [5.74, 6) is 0.0177. The van der Waals surface area contributed by atoms with E-state index in [9.17, 15) is 4.79 Å². The number of halogens is 1. The van der Waals surface area contributed by atoms with E-state index in [4.69, 9.17) is 16.3 Å². The van der Waals surface area contributed by atoms with Crippen molar-refractivity contribution in [3.05, 3.63) is 53.6 Å². The van der Waals surface area contributed by atoms with Crippen molar-refractivity contribution < 1.29 is 9.53 Å². The zero-order chi connectivity index (χ0) is 19.2. The Morgan fingerprint density at radius 2 is 1.89 bits per heavy atom. The molecule has 144 valence electrons. The van der Waals surface area contributed by atoms with E-state index in [2.05, 4.69) is 10.2 Å². The lowest BCUT2D eigenvalue weighted by molar-refractivity contribution is -0.117. The third kappa shape index (κ3) is 4.93. The van der Waals surface area contributed by atoms with Crippen LogP contribution in [0, 0.1) is 0 Å². The van der Waals surface area contributed by atoms with Crippen LogP contribution in [0.4, 0.5) is 17.1 Å². The fourth-order valence-electron chi connectivity index (χ4n) is 3.30. The molecule has 3 rings (SSSR count). The van der Waals surface area contributed by atoms with Gasteiger partial charge in [0.1, 0.15) is 0 Å². The van der Waals surface area contributed by atoms with Crippen LogP contribution in [0.3, 0.4) is 0 Å². The molecule has 1 amide bonds. The lowest BCUT2D eigenvalue weighted by atomic mass is 10.2. The number of nitrogens with zero attached hydrogens (tertiary/aromatic N) is 2. The molecule has 1 saturated heterocycles. The van der Waals surface area contributed by atoms with Gasteiger partial charge in [0.25, 0.3) is 0 Å². The smallest absolute Gasteiger partial charge is 0.246 e. The zero-order valence-electron chi connectivity index (χ0n) is 15.8. The average Bonchev–Trinajstić information content (AvgIpc) is 2.68. The first kappa shape index (κ1) is 19.5. The van der Waals surface area contributed by atoms with Crippen LogP contribution in [0.25, 0.3) is 0 Å². The van der Waals surface area contributed by atoms with E-state index in [1.54, 1.807) is 0 Å². The van der Waals surface area contributed by atoms with Crippen molar-refractivity contribution >= 4 is 34.6 Å². The van der Waals surface area contributed by atoms with Gasteiger partial charge >= 0.3 is 0 Å². The first-order valence-electron chi connectivity index (χ1n) is 9.29. The molecule has 0 spiro atoms. The Labute approximate surface area is 165 Å². The molecule has 0 atom stereocenters. The number of benzene rings is 2. The zero-order valence-corrected chi connectivity index (χ0v) is 16.6. The second kappa shape index (κ2) is 9.11. The van der Waals surface area contributed by atoms with Crippen LogP contribution in [0.5, 0.6) is 0 Å². The third-order valence-electron chi connectivity index (χ3n) is 4.56. The number of morpholine rings is 1. The highest BCUT2D eigenvalue weighted by Crippen LogP contribution is 2.30. The van der Waals surface area contributed by atoms with Crippen molar-refractivity contribution in [2.24, 2.45) is 0 Å². The van der Waals surface area contributed by atoms with Gasteiger partial charge in [-0.1, -0.05) is 29.8 Å². The number of para-hydroxylation sites is 1. The van der Waals surface area contributed by atoms with Gasteiger partial charge in [0.15, 0.2) is 0 Å². The Kier molecular flexibility index (Phi) is 6.58. The topological polar surface area (TPSA) is 44.8 Å². The van der Waals surface area contributed by atoms with E-state index < -0.39 is 0 Å². The van der Waals surface area contributed by atoms with Crippen LogP contribution in [0.2, 0.25) is 5.02 Å². The molecule has 2 aromatic rings. The lowest BCUT2D eigenvalue weighted by Gasteiger charge is -2.31. The van der Waals surface area contributed by atoms with Gasteiger partial charge in [0, 0.05) is 29.8 Å². The summed E-state index contributed by atoms with van der Waals surface area (Å²) >= 11 is 6.20. The van der Waals surface area contributed by atoms with E-state index in [0.29, 0.717) is 18.2 Å². The molecule has 27 heavy (non-hydrogen) atoms. The summed E-state index contributed by atoms with van der Waals surface area (Å²) < 4.78 is 5.44. The average molecular weight is 388 g/mol. The predicted molar refractivity (Wildman–Crippen MR) is 112 cm³/mol. The molecular formula is C21H26ClN3O2. The first-order chi connectivity index (χ1) is 13.1. The Morgan fingerprint density at radius 3 is 2.56 bits per heavy atom. The van der Waals surface area contributed by atoms with Gasteiger partial charge in [-0.15, -0.1) is 0 Å². The van der Waals surface area contributed by atoms with Gasteiger partial charge < -0.3 is 19.9 Å². The van der Waals surface area contributed by atoms with Crippen molar-refractivity contribution in [1.82, 2.24) is 0 Å². The summed E-state index contributed by atoms with van der Waals surface area (Å²) in [6.45, 7) is 7.29. The second-order valence-electron chi connectivity index (χ2n) is 6.81. The number of amides is 1. The van der Waals surface area contributed by atoms with Crippen LogP contribution in [0.1, 0.15) is 13.8 Å². The molecule has 0 bridgehead atoms. The Bertz CT molecular complexity index is 761. The van der Waals surface area contributed by atoms with Crippen molar-refractivity contribution in [3.63, 3.8) is 0 Å². The van der Waals surface area contributed by atoms with E-state index in [0.717, 1.165) is 30.2 Å². The van der Waals surface area contributed by atoms with Crippen molar-refractivity contribution in [3.8, 4) is 0 Å². The predicted octanol–water partition coefficient (Wildman–Crippen LogP) is 4.03. The molecule has 6 heteroatoms. The van der Waals surface area contributed by atoms with Gasteiger partial charge in [-0.25, -0.2) is 0 Å². The standard InChI is InChI=1S/C21H26ClN3O2/c1-16(2)25(18-6-4-3-5-7-18)21(26)15-23-19-14-17(22)8-9-20(19)24-10-12-27-13-11-24/h3-9,14,16,23H,10-13,15H2,1-2H3. The molecular weight excluding hydrogens is 362 g/mol. The number of ether oxygens (including phenoxy) is 1. The van der Waals surface area contributed by atoms with Gasteiger partial charge in [-0.2, -0.15) is 0 Å². The third-order valence-corrected chi connectivity index (χ3v) is 4.79. The normalized spacial score (nSPS) is 14.3. The van der Waals surface area contributed by atoms with Gasteiger partial charge in [0.2, 0.25) is 5.91 Å². The molecule has 1 aliphatic rings. The minimum atomic E-state index is 0.0177. The molecule has 0 unspecified atom stereocenters. The molecule has 0 aliphatic carbocycles. The molecule has 1 N–H and O–H groups in total. The van der Waals surface area contributed by atoms with E-state index >= 15 is 0 Å². The minimum absolute atomic E-state index is 0.0177. The summed E-state index contributed by atoms with van der Waals surface area (Å²) in [6.07, 6.45) is 0. The highest BCUT2D eigenvalue weighted by atomic mass is 35.5. The van der Waals surface area contributed by atoms with Crippen LogP contribution in [-0.4, -0.2) is 44.8 Å². The quantitative estimate of drug-likeness (QED) is 0.812. The highest BCUT2D eigenvalue weighted by molar-refractivity contribution is 6.31. The lowest BCUT2D eigenvalue weighted by Crippen LogP contribution is -2.41. The summed E-state index contributed by atoms with van der Waals surface area (Å²) in [5, 5.41) is 3.94. The van der Waals surface area contributed by atoms with Crippen LogP contribution < -0.4 is 15.1 Å². The first-order valence-corrected chi connectivity index (χ1v) is 9.67. The number of hydrogen-bond donors (Lipinski definition) is 1. The largest absolute Gasteiger partial charge is 0.378 e. The van der Waals surface area contributed by atoms with Crippen LogP contribution in [-0.2, 0) is 9.53 Å². The molecule has 0 aromatic heterocycles. The fourth-order valence-corrected chi connectivity index (χ4v) is 3.48. The van der Waals surface area contributed by atoms with Crippen LogP contribution in [0.15, 0.2) is 48.5 Å². The molecule has 1 fully saturated rings. The molecule has 2 aromatic carbocycles. The highest BCUT2D eigenvalue weighted by Gasteiger charge is 2.20. The van der Waals surface area contributed by atoms with Crippen LogP contribution >= 0.6 is 11.6 Å². The molecule has 5 nitrogen and oxygen atoms in total. The Hall–Kier alpha value is -2.24. The Balaban J connectivity index is 1.75. The molecule has 0 saturated carbocycles. The number of anilines is 3. The molecule has 1 aliphatic heterocycles. The molecule has 0 radical (unpaired) electrons. The summed E-state index contributed by atoms with van der Waals surface area (Å²) in [7, 11) is 0. The second-order valence-corrected chi connectivity index (χ2v) is 7.24. The maximum Gasteiger partial charge on any atom is 0.246 e. The number of hydrogen-bond acceptors (Lipinski definition) is 4. The minimum Gasteiger partial charge on any atom is -0.378 e. The number of carbonyl (C=O) groups is 1. The van der Waals surface area contributed by atoms with Crippen molar-refractivity contribution in [2.75, 3.05) is 48.0 Å². The summed E-state index contributed by atoms with van der Waals surface area (Å²) in [5.41, 5.74) is 2.82. The summed E-state index contributed by atoms with van der Waals surface area (Å²) in [6, 6.07) is 15.6. The molecule has 1 heterocycles. The van der Waals surface area contributed by atoms with Gasteiger partial charge in [0.05, 0.1) is 31.1 Å². The van der Waals surface area contributed by atoms with E-state index in [-0.39, 0.29) is 18.5 Å². The van der Waals surface area contributed by atoms with E-state index in [1.165, 1.54) is 0 Å². The van der Waals surface area contributed by atoms with Gasteiger partial charge in [-0.05, 0) is 44.2 Å². The maximum absolute atomic E-state index is 12.9. The van der Waals surface area contributed by atoms with Gasteiger partial charge in [-0.3, -0.25) is 4.79 Å². The SMILES string of the molecule is CC(C)N(C(=O)CNc1cc(Cl)ccc1N1CCOCC1)c1ccccc1. The monoisotopic (exact) mass is 387 g/mol. The van der Waals surface area contributed by atoms with Crippen molar-refractivity contribution in [2.45, 2.75) is 19.9 Å². The maximum atomic E-state index is 12.9. The van der Waals surface area contributed by atoms with E-state index in [1.807, 2.05) is 67.3 Å². The van der Waals surface area contributed by atoms with Crippen molar-refractivity contribution in [1.29, 1.82) is 0 Å². The number of carbonyl (C=O) groups excluding carboxylic acids is 1. The Morgan fingerprint density at radius 1 is 1.19 bits per heavy atom. The fraction of sp³-hybridized carbons (Fsp3) is 0.381. The number of nitrogens with one attached hydrogen (secondary N) is 1. The summed E-state index contributed by atoms with van der Waals surface area (Å²) in [4.78, 5) is 17.0.